The number of fused-ring (bicyclic) bond motifs is 4. The van der Waals surface area contributed by atoms with Crippen molar-refractivity contribution >= 4 is 27.2 Å². The lowest BCUT2D eigenvalue weighted by Crippen LogP contribution is -1.99. The summed E-state index contributed by atoms with van der Waals surface area (Å²) in [6, 6.07) is 36.7. The molecule has 0 bridgehead atoms. The number of nitrogens with zero attached hydrogens (tertiary/aromatic N) is 2. The summed E-state index contributed by atoms with van der Waals surface area (Å²) in [5.74, 6) is 0.771. The lowest BCUT2D eigenvalue weighted by Gasteiger charge is -2.18. The highest BCUT2D eigenvalue weighted by atomic mass is 14.9. The van der Waals surface area contributed by atoms with E-state index < -0.39 is 0 Å². The van der Waals surface area contributed by atoms with E-state index in [1.54, 1.807) is 0 Å². The molecule has 0 spiro atoms. The Bertz CT molecular complexity index is 1960. The molecule has 2 nitrogen and oxygen atoms in total. The van der Waals surface area contributed by atoms with Crippen LogP contribution in [0.4, 0.5) is 0 Å². The number of rotatable bonds is 3. The van der Waals surface area contributed by atoms with Crippen LogP contribution in [0.15, 0.2) is 121 Å². The first kappa shape index (κ1) is 21.3. The quantitative estimate of drug-likeness (QED) is 0.250. The molecule has 0 unspecified atom stereocenters. The lowest BCUT2D eigenvalue weighted by molar-refractivity contribution is 1.05. The Morgan fingerprint density at radius 3 is 2.11 bits per heavy atom. The predicted octanol–water partition coefficient (Wildman–Crippen LogP) is 9.50. The zero-order chi connectivity index (χ0) is 25.1. The van der Waals surface area contributed by atoms with Gasteiger partial charge in [-0.2, -0.15) is 0 Å². The Kier molecular flexibility index (Phi) is 4.68. The van der Waals surface area contributed by atoms with Crippen molar-refractivity contribution in [3.8, 4) is 44.9 Å². The van der Waals surface area contributed by atoms with Crippen LogP contribution in [0.1, 0.15) is 18.4 Å². The average Bonchev–Trinajstić information content (AvgIpc) is 3.33. The molecule has 0 atom stereocenters. The largest absolute Gasteiger partial charge is 0.228 e. The van der Waals surface area contributed by atoms with Crippen LogP contribution < -0.4 is 0 Å². The van der Waals surface area contributed by atoms with Crippen LogP contribution in [0.25, 0.3) is 72.1 Å². The molecule has 1 heterocycles. The van der Waals surface area contributed by atoms with Crippen molar-refractivity contribution in [2.24, 2.45) is 0 Å². The second kappa shape index (κ2) is 8.36. The SMILES string of the molecule is C1=CCCC(c2ccc(-c3nc(-c4ccccc4)c4ccccc4n3)c3c2-c2cccc4cccc-3c24)=C1. The third kappa shape index (κ3) is 3.13. The van der Waals surface area contributed by atoms with E-state index in [0.717, 1.165) is 46.4 Å². The van der Waals surface area contributed by atoms with E-state index in [2.05, 4.69) is 115 Å². The molecule has 0 amide bonds. The maximum absolute atomic E-state index is 5.25. The van der Waals surface area contributed by atoms with Gasteiger partial charge in [0, 0.05) is 22.1 Å². The van der Waals surface area contributed by atoms with Gasteiger partial charge in [-0.25, -0.2) is 9.97 Å². The third-order valence-electron chi connectivity index (χ3n) is 7.90. The van der Waals surface area contributed by atoms with E-state index in [1.807, 2.05) is 6.07 Å². The molecular formula is C36H24N2. The van der Waals surface area contributed by atoms with Gasteiger partial charge in [-0.15, -0.1) is 0 Å². The molecule has 38 heavy (non-hydrogen) atoms. The molecule has 0 N–H and O–H groups in total. The lowest BCUT2D eigenvalue weighted by atomic mass is 9.87. The molecule has 0 fully saturated rings. The van der Waals surface area contributed by atoms with Gasteiger partial charge in [0.2, 0.25) is 0 Å². The van der Waals surface area contributed by atoms with Crippen LogP contribution in [0, 0.1) is 0 Å². The standard InChI is InChI=1S/C36H24N2/c1-3-11-23(12-4-1)26-21-22-30(34-29-19-10-16-24-15-9-18-28(32(24)29)33(26)34)36-37-31-20-8-7-17-27(31)35(38-36)25-13-5-2-6-14-25/h1-3,5-11,13-22H,4,12H2. The summed E-state index contributed by atoms with van der Waals surface area (Å²) in [5, 5.41) is 3.67. The summed E-state index contributed by atoms with van der Waals surface area (Å²) in [7, 11) is 0. The molecule has 2 aliphatic carbocycles. The van der Waals surface area contributed by atoms with Crippen LogP contribution in [0.5, 0.6) is 0 Å². The summed E-state index contributed by atoms with van der Waals surface area (Å²) >= 11 is 0. The van der Waals surface area contributed by atoms with Crippen molar-refractivity contribution < 1.29 is 0 Å². The molecular weight excluding hydrogens is 460 g/mol. The van der Waals surface area contributed by atoms with Gasteiger partial charge >= 0.3 is 0 Å². The fraction of sp³-hybridized carbons (Fsp3) is 0.0556. The normalized spacial score (nSPS) is 13.6. The van der Waals surface area contributed by atoms with Crippen molar-refractivity contribution in [3.63, 3.8) is 0 Å². The van der Waals surface area contributed by atoms with E-state index in [-0.39, 0.29) is 0 Å². The van der Waals surface area contributed by atoms with Crippen LogP contribution in [-0.2, 0) is 0 Å². The van der Waals surface area contributed by atoms with Gasteiger partial charge in [-0.05, 0) is 63.6 Å². The molecule has 1 aromatic heterocycles. The van der Waals surface area contributed by atoms with Gasteiger partial charge < -0.3 is 0 Å². The van der Waals surface area contributed by atoms with Crippen molar-refractivity contribution in [2.75, 3.05) is 0 Å². The van der Waals surface area contributed by atoms with Gasteiger partial charge in [-0.1, -0.05) is 109 Å². The highest BCUT2D eigenvalue weighted by Crippen LogP contribution is 2.53. The Morgan fingerprint density at radius 2 is 1.32 bits per heavy atom. The first-order valence-electron chi connectivity index (χ1n) is 13.2. The summed E-state index contributed by atoms with van der Waals surface area (Å²) in [5.41, 5.74) is 12.0. The van der Waals surface area contributed by atoms with E-state index in [0.29, 0.717) is 0 Å². The minimum absolute atomic E-state index is 0.771. The minimum Gasteiger partial charge on any atom is -0.228 e. The summed E-state index contributed by atoms with van der Waals surface area (Å²) < 4.78 is 0. The number of hydrogen-bond donors (Lipinski definition) is 0. The minimum atomic E-state index is 0.771. The number of benzene rings is 5. The molecule has 8 rings (SSSR count). The highest BCUT2D eigenvalue weighted by molar-refractivity contribution is 6.20. The van der Waals surface area contributed by atoms with Crippen LogP contribution in [0.2, 0.25) is 0 Å². The molecule has 0 saturated heterocycles. The fourth-order valence-electron chi connectivity index (χ4n) is 6.21. The van der Waals surface area contributed by atoms with E-state index in [9.17, 15) is 0 Å². The van der Waals surface area contributed by atoms with Gasteiger partial charge in [-0.3, -0.25) is 0 Å². The zero-order valence-electron chi connectivity index (χ0n) is 20.9. The second-order valence-corrected chi connectivity index (χ2v) is 10.1. The van der Waals surface area contributed by atoms with E-state index >= 15 is 0 Å². The monoisotopic (exact) mass is 484 g/mol. The molecule has 0 radical (unpaired) electrons. The molecule has 5 aromatic carbocycles. The molecule has 2 heteroatoms. The van der Waals surface area contributed by atoms with Crippen molar-refractivity contribution in [2.45, 2.75) is 12.8 Å². The molecule has 178 valence electrons. The topological polar surface area (TPSA) is 25.8 Å². The first-order chi connectivity index (χ1) is 18.9. The van der Waals surface area contributed by atoms with Crippen LogP contribution in [0.3, 0.4) is 0 Å². The molecule has 0 saturated carbocycles. The van der Waals surface area contributed by atoms with Gasteiger partial charge in [0.05, 0.1) is 11.2 Å². The average molecular weight is 485 g/mol. The Hall–Kier alpha value is -4.82. The van der Waals surface area contributed by atoms with Crippen molar-refractivity contribution in [3.05, 3.63) is 127 Å². The number of allylic oxidation sites excluding steroid dienone is 4. The van der Waals surface area contributed by atoms with Gasteiger partial charge in [0.1, 0.15) is 0 Å². The van der Waals surface area contributed by atoms with E-state index in [4.69, 9.17) is 9.97 Å². The summed E-state index contributed by atoms with van der Waals surface area (Å²) in [6.45, 7) is 0. The van der Waals surface area contributed by atoms with Crippen molar-refractivity contribution in [1.29, 1.82) is 0 Å². The maximum Gasteiger partial charge on any atom is 0.161 e. The fourth-order valence-corrected chi connectivity index (χ4v) is 6.21. The second-order valence-electron chi connectivity index (χ2n) is 10.1. The van der Waals surface area contributed by atoms with Crippen molar-refractivity contribution in [1.82, 2.24) is 9.97 Å². The van der Waals surface area contributed by atoms with Gasteiger partial charge in [0.25, 0.3) is 0 Å². The number of para-hydroxylation sites is 1. The summed E-state index contributed by atoms with van der Waals surface area (Å²) in [4.78, 5) is 10.4. The number of hydrogen-bond acceptors (Lipinski definition) is 2. The first-order valence-corrected chi connectivity index (χ1v) is 13.2. The number of aromatic nitrogens is 2. The zero-order valence-corrected chi connectivity index (χ0v) is 20.9. The molecule has 0 aliphatic heterocycles. The maximum atomic E-state index is 5.25. The predicted molar refractivity (Wildman–Crippen MR) is 159 cm³/mol. The molecule has 2 aliphatic rings. The molecule has 6 aromatic rings. The summed E-state index contributed by atoms with van der Waals surface area (Å²) in [6.07, 6.45) is 8.86. The van der Waals surface area contributed by atoms with Gasteiger partial charge in [0.15, 0.2) is 5.82 Å². The smallest absolute Gasteiger partial charge is 0.161 e. The van der Waals surface area contributed by atoms with E-state index in [1.165, 1.54) is 44.2 Å². The van der Waals surface area contributed by atoms with Crippen LogP contribution in [-0.4, -0.2) is 9.97 Å². The van der Waals surface area contributed by atoms with Crippen LogP contribution >= 0.6 is 0 Å². The third-order valence-corrected chi connectivity index (χ3v) is 7.90. The Balaban J connectivity index is 1.46. The Labute approximate surface area is 221 Å². The highest BCUT2D eigenvalue weighted by Gasteiger charge is 2.29. The Morgan fingerprint density at radius 1 is 0.579 bits per heavy atom.